The van der Waals surface area contributed by atoms with Gasteiger partial charge in [0.15, 0.2) is 5.69 Å². The number of aromatic nitrogens is 2. The van der Waals surface area contributed by atoms with E-state index in [1.54, 1.807) is 0 Å². The van der Waals surface area contributed by atoms with Gasteiger partial charge in [-0.05, 0) is 24.1 Å². The molecule has 1 fully saturated rings. The Labute approximate surface area is 156 Å². The smallest absolute Gasteiger partial charge is 0.356 e. The highest BCUT2D eigenvalue weighted by Gasteiger charge is 2.18. The van der Waals surface area contributed by atoms with Crippen LogP contribution < -0.4 is 4.90 Å². The number of hydrogen-bond acceptors (Lipinski definition) is 5. The molecule has 0 unspecified atom stereocenters. The molecule has 0 bridgehead atoms. The number of piperazine rings is 1. The molecule has 1 saturated heterocycles. The zero-order chi connectivity index (χ0) is 17.8. The van der Waals surface area contributed by atoms with Crippen LogP contribution in [0.15, 0.2) is 30.6 Å². The van der Waals surface area contributed by atoms with E-state index in [0.29, 0.717) is 15.9 Å². The van der Waals surface area contributed by atoms with Gasteiger partial charge < -0.3 is 10.0 Å². The molecule has 6 nitrogen and oxygen atoms in total. The number of carbonyl (C=O) groups is 1. The van der Waals surface area contributed by atoms with Crippen LogP contribution in [0.3, 0.4) is 0 Å². The highest BCUT2D eigenvalue weighted by molar-refractivity contribution is 6.42. The summed E-state index contributed by atoms with van der Waals surface area (Å²) in [7, 11) is 0. The van der Waals surface area contributed by atoms with Crippen LogP contribution in [0.1, 0.15) is 16.1 Å². The fourth-order valence-corrected chi connectivity index (χ4v) is 3.10. The SMILES string of the molecule is O=C(O)c1cnc(N2CCN(CCc3ccc(Cl)c(Cl)c3)CC2)cn1. The van der Waals surface area contributed by atoms with Gasteiger partial charge in [-0.15, -0.1) is 0 Å². The second kappa shape index (κ2) is 7.99. The van der Waals surface area contributed by atoms with E-state index in [1.807, 2.05) is 18.2 Å². The van der Waals surface area contributed by atoms with Crippen molar-refractivity contribution >= 4 is 35.0 Å². The van der Waals surface area contributed by atoms with Crippen LogP contribution in [0.2, 0.25) is 10.0 Å². The number of halogens is 2. The average Bonchev–Trinajstić information content (AvgIpc) is 2.63. The molecule has 0 spiro atoms. The number of nitrogens with zero attached hydrogens (tertiary/aromatic N) is 4. The van der Waals surface area contributed by atoms with Crippen LogP contribution in [0.25, 0.3) is 0 Å². The van der Waals surface area contributed by atoms with Gasteiger partial charge in [0.25, 0.3) is 0 Å². The van der Waals surface area contributed by atoms with Crippen LogP contribution in [0.4, 0.5) is 5.82 Å². The number of hydrogen-bond donors (Lipinski definition) is 1. The van der Waals surface area contributed by atoms with Gasteiger partial charge in [-0.25, -0.2) is 14.8 Å². The third-order valence-corrected chi connectivity index (χ3v) is 4.99. The summed E-state index contributed by atoms with van der Waals surface area (Å²) in [6.45, 7) is 4.47. The van der Waals surface area contributed by atoms with Gasteiger partial charge in [-0.3, -0.25) is 4.90 Å². The van der Waals surface area contributed by atoms with Crippen molar-refractivity contribution in [3.8, 4) is 0 Å². The first-order valence-corrected chi connectivity index (χ1v) is 8.75. The van der Waals surface area contributed by atoms with E-state index >= 15 is 0 Å². The van der Waals surface area contributed by atoms with E-state index in [9.17, 15) is 4.79 Å². The van der Waals surface area contributed by atoms with Gasteiger partial charge in [-0.2, -0.15) is 0 Å². The molecule has 0 radical (unpaired) electrons. The lowest BCUT2D eigenvalue weighted by molar-refractivity contribution is 0.0690. The van der Waals surface area contributed by atoms with E-state index in [1.165, 1.54) is 18.0 Å². The topological polar surface area (TPSA) is 69.6 Å². The zero-order valence-corrected chi connectivity index (χ0v) is 15.0. The summed E-state index contributed by atoms with van der Waals surface area (Å²) in [6.07, 6.45) is 3.74. The van der Waals surface area contributed by atoms with Crippen molar-refractivity contribution in [2.45, 2.75) is 6.42 Å². The third kappa shape index (κ3) is 4.60. The van der Waals surface area contributed by atoms with Crippen LogP contribution in [0, 0.1) is 0 Å². The van der Waals surface area contributed by atoms with E-state index in [2.05, 4.69) is 19.8 Å². The highest BCUT2D eigenvalue weighted by atomic mass is 35.5. The summed E-state index contributed by atoms with van der Waals surface area (Å²) in [5.41, 5.74) is 1.14. The molecule has 1 aromatic heterocycles. The fraction of sp³-hybridized carbons (Fsp3) is 0.353. The molecule has 0 amide bonds. The molecule has 25 heavy (non-hydrogen) atoms. The molecule has 1 aliphatic rings. The summed E-state index contributed by atoms with van der Waals surface area (Å²) < 4.78 is 0. The lowest BCUT2D eigenvalue weighted by Gasteiger charge is -2.35. The van der Waals surface area contributed by atoms with E-state index in [-0.39, 0.29) is 5.69 Å². The van der Waals surface area contributed by atoms with Crippen LogP contribution in [-0.2, 0) is 6.42 Å². The number of carboxylic acids is 1. The average molecular weight is 381 g/mol. The first-order valence-electron chi connectivity index (χ1n) is 7.99. The largest absolute Gasteiger partial charge is 0.476 e. The van der Waals surface area contributed by atoms with Crippen molar-refractivity contribution in [1.29, 1.82) is 0 Å². The van der Waals surface area contributed by atoms with Gasteiger partial charge in [0.2, 0.25) is 0 Å². The van der Waals surface area contributed by atoms with E-state index < -0.39 is 5.97 Å². The normalized spacial score (nSPS) is 15.4. The molecule has 3 rings (SSSR count). The maximum absolute atomic E-state index is 10.8. The van der Waals surface area contributed by atoms with Gasteiger partial charge >= 0.3 is 5.97 Å². The Hall–Kier alpha value is -1.89. The number of anilines is 1. The van der Waals surface area contributed by atoms with Crippen molar-refractivity contribution in [3.63, 3.8) is 0 Å². The molecule has 8 heteroatoms. The van der Waals surface area contributed by atoms with Crippen LogP contribution >= 0.6 is 23.2 Å². The monoisotopic (exact) mass is 380 g/mol. The molecule has 2 aromatic rings. The minimum absolute atomic E-state index is 0.0380. The van der Waals surface area contributed by atoms with Crippen molar-refractivity contribution in [1.82, 2.24) is 14.9 Å². The van der Waals surface area contributed by atoms with E-state index in [0.717, 1.165) is 39.1 Å². The fourth-order valence-electron chi connectivity index (χ4n) is 2.78. The van der Waals surface area contributed by atoms with Crippen molar-refractivity contribution in [2.24, 2.45) is 0 Å². The Bertz CT molecular complexity index is 747. The lowest BCUT2D eigenvalue weighted by atomic mass is 10.1. The molecule has 0 saturated carbocycles. The Balaban J connectivity index is 1.49. The number of carboxylic acid groups (broad SMARTS) is 1. The summed E-state index contributed by atoms with van der Waals surface area (Å²) in [5, 5.41) is 10.0. The second-order valence-corrected chi connectivity index (χ2v) is 6.71. The molecule has 1 N–H and O–H groups in total. The zero-order valence-electron chi connectivity index (χ0n) is 13.5. The van der Waals surface area contributed by atoms with Crippen LogP contribution in [0.5, 0.6) is 0 Å². The first kappa shape index (κ1) is 17.9. The summed E-state index contributed by atoms with van der Waals surface area (Å²) in [4.78, 5) is 23.4. The lowest BCUT2D eigenvalue weighted by Crippen LogP contribution is -2.47. The van der Waals surface area contributed by atoms with Crippen LogP contribution in [-0.4, -0.2) is 58.7 Å². The van der Waals surface area contributed by atoms with Crippen molar-refractivity contribution < 1.29 is 9.90 Å². The summed E-state index contributed by atoms with van der Waals surface area (Å²) in [5.74, 6) is -0.347. The Morgan fingerprint density at radius 3 is 2.44 bits per heavy atom. The van der Waals surface area contributed by atoms with Crippen molar-refractivity contribution in [3.05, 3.63) is 51.9 Å². The molecule has 1 aliphatic heterocycles. The Morgan fingerprint density at radius 2 is 1.84 bits per heavy atom. The minimum atomic E-state index is -1.06. The molecule has 0 atom stereocenters. The number of aromatic carboxylic acids is 1. The molecule has 0 aliphatic carbocycles. The Morgan fingerprint density at radius 1 is 1.08 bits per heavy atom. The number of benzene rings is 1. The molecular weight excluding hydrogens is 363 g/mol. The standard InChI is InChI=1S/C17H18Cl2N4O2/c18-13-2-1-12(9-14(13)19)3-4-22-5-7-23(8-6-22)16-11-20-15(10-21-16)17(24)25/h1-2,9-11H,3-8H2,(H,24,25). The van der Waals surface area contributed by atoms with Gasteiger partial charge in [-0.1, -0.05) is 29.3 Å². The van der Waals surface area contributed by atoms with Crippen molar-refractivity contribution in [2.75, 3.05) is 37.6 Å². The predicted octanol–water partition coefficient (Wildman–Crippen LogP) is 2.85. The quantitative estimate of drug-likeness (QED) is 0.859. The first-order chi connectivity index (χ1) is 12.0. The van der Waals surface area contributed by atoms with E-state index in [4.69, 9.17) is 28.3 Å². The summed E-state index contributed by atoms with van der Waals surface area (Å²) >= 11 is 12.0. The van der Waals surface area contributed by atoms with Gasteiger partial charge in [0, 0.05) is 32.7 Å². The van der Waals surface area contributed by atoms with Gasteiger partial charge in [0.1, 0.15) is 5.82 Å². The third-order valence-electron chi connectivity index (χ3n) is 4.25. The predicted molar refractivity (Wildman–Crippen MR) is 97.8 cm³/mol. The highest BCUT2D eigenvalue weighted by Crippen LogP contribution is 2.23. The maximum Gasteiger partial charge on any atom is 0.356 e. The minimum Gasteiger partial charge on any atom is -0.476 e. The molecular formula is C17H18Cl2N4O2. The second-order valence-electron chi connectivity index (χ2n) is 5.89. The molecule has 2 heterocycles. The number of rotatable bonds is 5. The van der Waals surface area contributed by atoms with Gasteiger partial charge in [0.05, 0.1) is 22.4 Å². The summed E-state index contributed by atoms with van der Waals surface area (Å²) in [6, 6.07) is 5.75. The Kier molecular flexibility index (Phi) is 5.73. The molecule has 1 aromatic carbocycles. The maximum atomic E-state index is 10.8. The molecule has 132 valence electrons.